The topological polar surface area (TPSA) is 27.0 Å². The van der Waals surface area contributed by atoms with E-state index in [1.807, 2.05) is 6.07 Å². The monoisotopic (exact) mass is 162 g/mol. The molecule has 0 N–H and O–H groups in total. The molecule has 0 aliphatic rings. The molecule has 64 valence electrons. The molecular weight excluding hydrogens is 150 g/mol. The highest BCUT2D eigenvalue weighted by atomic mass is 19.3. The molecule has 2 nitrogen and oxygen atoms in total. The Bertz CT molecular complexity index is 142. The van der Waals surface area contributed by atoms with Crippen molar-refractivity contribution in [3.05, 3.63) is 0 Å². The lowest BCUT2D eigenvalue weighted by Crippen LogP contribution is -2.28. The standard InChI is InChI=1S/C7H12F2N2/c1-6(3-10)4-11(2)5-7(8)9/h6-7H,4-5H2,1-2H3. The summed E-state index contributed by atoms with van der Waals surface area (Å²) in [6, 6.07) is 1.98. The summed E-state index contributed by atoms with van der Waals surface area (Å²) in [4.78, 5) is 1.46. The molecule has 0 saturated heterocycles. The molecule has 0 amide bonds. The van der Waals surface area contributed by atoms with E-state index < -0.39 is 6.43 Å². The van der Waals surface area contributed by atoms with E-state index in [0.717, 1.165) is 0 Å². The molecule has 0 rings (SSSR count). The molecule has 0 heterocycles. The van der Waals surface area contributed by atoms with E-state index in [9.17, 15) is 8.78 Å². The zero-order valence-electron chi connectivity index (χ0n) is 6.72. The number of nitrogens with zero attached hydrogens (tertiary/aromatic N) is 2. The van der Waals surface area contributed by atoms with E-state index in [4.69, 9.17) is 5.26 Å². The van der Waals surface area contributed by atoms with Crippen LogP contribution in [-0.2, 0) is 0 Å². The molecule has 0 aromatic carbocycles. The van der Waals surface area contributed by atoms with Crippen LogP contribution in [0.1, 0.15) is 6.92 Å². The molecule has 1 unspecified atom stereocenters. The van der Waals surface area contributed by atoms with Crippen LogP contribution in [0.25, 0.3) is 0 Å². The number of halogens is 2. The van der Waals surface area contributed by atoms with Crippen molar-refractivity contribution in [1.82, 2.24) is 4.90 Å². The van der Waals surface area contributed by atoms with Crippen LogP contribution in [0.4, 0.5) is 8.78 Å². The molecule has 11 heavy (non-hydrogen) atoms. The Labute approximate surface area is 65.4 Å². The van der Waals surface area contributed by atoms with Crippen LogP contribution in [0, 0.1) is 17.2 Å². The second-order valence-corrected chi connectivity index (χ2v) is 2.64. The molecule has 0 aliphatic heterocycles. The predicted molar refractivity (Wildman–Crippen MR) is 38.3 cm³/mol. The summed E-state index contributed by atoms with van der Waals surface area (Å²) in [5.41, 5.74) is 0. The second kappa shape index (κ2) is 5.03. The van der Waals surface area contributed by atoms with Crippen molar-refractivity contribution < 1.29 is 8.78 Å². The normalized spacial score (nSPS) is 13.5. The van der Waals surface area contributed by atoms with Gasteiger partial charge < -0.3 is 0 Å². The van der Waals surface area contributed by atoms with E-state index in [-0.39, 0.29) is 12.5 Å². The summed E-state index contributed by atoms with van der Waals surface area (Å²) >= 11 is 0. The maximum Gasteiger partial charge on any atom is 0.251 e. The lowest BCUT2D eigenvalue weighted by molar-refractivity contribution is 0.0973. The first-order valence-electron chi connectivity index (χ1n) is 3.42. The Morgan fingerprint density at radius 1 is 1.45 bits per heavy atom. The van der Waals surface area contributed by atoms with Crippen LogP contribution in [0.5, 0.6) is 0 Å². The smallest absolute Gasteiger partial charge is 0.251 e. The van der Waals surface area contributed by atoms with Gasteiger partial charge in [-0.3, -0.25) is 4.90 Å². The number of nitriles is 1. The fraction of sp³-hybridized carbons (Fsp3) is 0.857. The van der Waals surface area contributed by atoms with Gasteiger partial charge in [-0.2, -0.15) is 5.26 Å². The fourth-order valence-electron chi connectivity index (χ4n) is 0.818. The van der Waals surface area contributed by atoms with Gasteiger partial charge in [0.1, 0.15) is 0 Å². The van der Waals surface area contributed by atoms with Gasteiger partial charge in [0.15, 0.2) is 0 Å². The third-order valence-electron chi connectivity index (χ3n) is 1.26. The van der Waals surface area contributed by atoms with E-state index in [0.29, 0.717) is 6.54 Å². The summed E-state index contributed by atoms with van der Waals surface area (Å²) in [7, 11) is 1.58. The first kappa shape index (κ1) is 10.3. The van der Waals surface area contributed by atoms with Crippen LogP contribution < -0.4 is 0 Å². The molecular formula is C7H12F2N2. The van der Waals surface area contributed by atoms with Crippen molar-refractivity contribution in [3.63, 3.8) is 0 Å². The molecule has 0 bridgehead atoms. The SMILES string of the molecule is CC(C#N)CN(C)CC(F)F. The van der Waals surface area contributed by atoms with Crippen LogP contribution in [0.2, 0.25) is 0 Å². The molecule has 0 spiro atoms. The molecule has 0 aromatic rings. The largest absolute Gasteiger partial charge is 0.300 e. The third-order valence-corrected chi connectivity index (χ3v) is 1.26. The van der Waals surface area contributed by atoms with Gasteiger partial charge in [-0.05, 0) is 14.0 Å². The number of hydrogen-bond donors (Lipinski definition) is 0. The summed E-state index contributed by atoms with van der Waals surface area (Å²) in [5.74, 6) is -0.182. The van der Waals surface area contributed by atoms with Gasteiger partial charge in [-0.1, -0.05) is 0 Å². The first-order valence-corrected chi connectivity index (χ1v) is 3.42. The van der Waals surface area contributed by atoms with Crippen molar-refractivity contribution >= 4 is 0 Å². The Morgan fingerprint density at radius 2 is 2.00 bits per heavy atom. The van der Waals surface area contributed by atoms with Gasteiger partial charge in [0, 0.05) is 6.54 Å². The summed E-state index contributed by atoms with van der Waals surface area (Å²) < 4.78 is 23.4. The van der Waals surface area contributed by atoms with Crippen molar-refractivity contribution in [1.29, 1.82) is 5.26 Å². The highest BCUT2D eigenvalue weighted by Crippen LogP contribution is 1.99. The minimum Gasteiger partial charge on any atom is -0.300 e. The van der Waals surface area contributed by atoms with Crippen LogP contribution in [-0.4, -0.2) is 31.5 Å². The summed E-state index contributed by atoms with van der Waals surface area (Å²) in [6.45, 7) is 1.86. The Morgan fingerprint density at radius 3 is 2.36 bits per heavy atom. The van der Waals surface area contributed by atoms with Gasteiger partial charge in [0.25, 0.3) is 6.43 Å². The van der Waals surface area contributed by atoms with Gasteiger partial charge in [0.05, 0.1) is 18.5 Å². The van der Waals surface area contributed by atoms with E-state index >= 15 is 0 Å². The first-order chi connectivity index (χ1) is 5.06. The van der Waals surface area contributed by atoms with E-state index in [2.05, 4.69) is 0 Å². The van der Waals surface area contributed by atoms with Crippen molar-refractivity contribution in [3.8, 4) is 6.07 Å². The lowest BCUT2D eigenvalue weighted by Gasteiger charge is -2.16. The fourth-order valence-corrected chi connectivity index (χ4v) is 0.818. The van der Waals surface area contributed by atoms with Crippen LogP contribution in [0.3, 0.4) is 0 Å². The highest BCUT2D eigenvalue weighted by Gasteiger charge is 2.09. The maximum absolute atomic E-state index is 11.7. The van der Waals surface area contributed by atoms with Gasteiger partial charge >= 0.3 is 0 Å². The highest BCUT2D eigenvalue weighted by molar-refractivity contribution is 4.80. The Balaban J connectivity index is 3.53. The summed E-state index contributed by atoms with van der Waals surface area (Å²) in [6.07, 6.45) is -2.31. The number of rotatable bonds is 4. The van der Waals surface area contributed by atoms with Gasteiger partial charge in [0.2, 0.25) is 0 Å². The minimum absolute atomic E-state index is 0.182. The zero-order chi connectivity index (χ0) is 8.85. The molecule has 0 radical (unpaired) electrons. The molecule has 1 atom stereocenters. The Hall–Kier alpha value is -0.690. The summed E-state index contributed by atoms with van der Waals surface area (Å²) in [5, 5.41) is 8.35. The van der Waals surface area contributed by atoms with Crippen molar-refractivity contribution in [2.24, 2.45) is 5.92 Å². The van der Waals surface area contributed by atoms with Crippen molar-refractivity contribution in [2.45, 2.75) is 13.3 Å². The van der Waals surface area contributed by atoms with Gasteiger partial charge in [-0.15, -0.1) is 0 Å². The third kappa shape index (κ3) is 5.74. The van der Waals surface area contributed by atoms with Crippen molar-refractivity contribution in [2.75, 3.05) is 20.1 Å². The average molecular weight is 162 g/mol. The molecule has 0 aliphatic carbocycles. The number of hydrogen-bond acceptors (Lipinski definition) is 2. The lowest BCUT2D eigenvalue weighted by atomic mass is 10.2. The maximum atomic E-state index is 11.7. The number of alkyl halides is 2. The van der Waals surface area contributed by atoms with Gasteiger partial charge in [-0.25, -0.2) is 8.78 Å². The molecule has 4 heteroatoms. The minimum atomic E-state index is -2.31. The predicted octanol–water partition coefficient (Wildman–Crippen LogP) is 1.34. The molecule has 0 aromatic heterocycles. The van der Waals surface area contributed by atoms with Crippen LogP contribution in [0.15, 0.2) is 0 Å². The Kier molecular flexibility index (Phi) is 4.71. The van der Waals surface area contributed by atoms with E-state index in [1.54, 1.807) is 14.0 Å². The molecule has 0 saturated carbocycles. The molecule has 0 fully saturated rings. The zero-order valence-corrected chi connectivity index (χ0v) is 6.72. The quantitative estimate of drug-likeness (QED) is 0.623. The average Bonchev–Trinajstić information content (AvgIpc) is 1.85. The second-order valence-electron chi connectivity index (χ2n) is 2.64. The van der Waals surface area contributed by atoms with E-state index in [1.165, 1.54) is 4.90 Å². The van der Waals surface area contributed by atoms with Crippen LogP contribution >= 0.6 is 0 Å².